The quantitative estimate of drug-likeness (QED) is 0.719. The second-order valence-corrected chi connectivity index (χ2v) is 4.41. The topological polar surface area (TPSA) is 29.9 Å². The Morgan fingerprint density at radius 1 is 1.43 bits per heavy atom. The maximum atomic E-state index is 4.34. The van der Waals surface area contributed by atoms with Gasteiger partial charge in [-0.25, -0.2) is 0 Å². The van der Waals surface area contributed by atoms with Gasteiger partial charge in [0.05, 0.1) is 0 Å². The lowest BCUT2D eigenvalue weighted by molar-refractivity contribution is 0.610. The zero-order valence-electron chi connectivity index (χ0n) is 8.35. The van der Waals surface area contributed by atoms with Gasteiger partial charge in [-0.15, -0.1) is 0 Å². The molecule has 1 fully saturated rings. The van der Waals surface area contributed by atoms with Crippen molar-refractivity contribution in [1.29, 1.82) is 0 Å². The Morgan fingerprint density at radius 2 is 2.36 bits per heavy atom. The number of hydrogen-bond acceptors (Lipinski definition) is 2. The highest BCUT2D eigenvalue weighted by molar-refractivity contribution is 5.36. The van der Waals surface area contributed by atoms with Crippen LogP contribution >= 0.6 is 0 Å². The predicted molar refractivity (Wildman–Crippen MR) is 56.0 cm³/mol. The minimum atomic E-state index is 0.611. The molecule has 3 atom stereocenters. The zero-order chi connectivity index (χ0) is 9.54. The van der Waals surface area contributed by atoms with Gasteiger partial charge >= 0.3 is 0 Å². The monoisotopic (exact) mass is 189 g/mol. The maximum absolute atomic E-state index is 4.34. The lowest BCUT2D eigenvalue weighted by Gasteiger charge is -2.19. The van der Waals surface area contributed by atoms with E-state index >= 15 is 0 Å². The Kier molecular flexibility index (Phi) is 1.66. The summed E-state index contributed by atoms with van der Waals surface area (Å²) in [6, 6.07) is 2.65. The second-order valence-electron chi connectivity index (χ2n) is 4.41. The van der Waals surface area contributed by atoms with Crippen molar-refractivity contribution in [3.05, 3.63) is 24.4 Å². The van der Waals surface area contributed by atoms with Crippen LogP contribution in [0, 0.1) is 11.8 Å². The van der Waals surface area contributed by atoms with Gasteiger partial charge in [0, 0.05) is 25.4 Å². The van der Waals surface area contributed by atoms with Crippen molar-refractivity contribution in [2.24, 2.45) is 18.9 Å². The molecule has 3 heteroatoms. The summed E-state index contributed by atoms with van der Waals surface area (Å²) in [5.74, 6) is 2.57. The first-order valence-electron chi connectivity index (χ1n) is 5.26. The molecule has 1 unspecified atom stereocenters. The van der Waals surface area contributed by atoms with Gasteiger partial charge in [0.1, 0.15) is 5.82 Å². The van der Waals surface area contributed by atoms with E-state index < -0.39 is 0 Å². The Bertz CT molecular complexity index is 366. The standard InChI is InChI=1S/C11H15N3/c1-14-5-4-11(13-14)12-10-7-8-2-3-9(10)6-8/h2-5,8-10H,6-7H2,1H3,(H,12,13)/t8-,9+,10?/m1/s1. The van der Waals surface area contributed by atoms with E-state index in [-0.39, 0.29) is 0 Å². The van der Waals surface area contributed by atoms with Crippen molar-refractivity contribution in [2.45, 2.75) is 18.9 Å². The summed E-state index contributed by atoms with van der Waals surface area (Å²) in [4.78, 5) is 0. The Balaban J connectivity index is 1.71. The second kappa shape index (κ2) is 2.87. The molecule has 14 heavy (non-hydrogen) atoms. The van der Waals surface area contributed by atoms with Crippen LogP contribution in [0.5, 0.6) is 0 Å². The van der Waals surface area contributed by atoms with Gasteiger partial charge < -0.3 is 5.32 Å². The number of rotatable bonds is 2. The first kappa shape index (κ1) is 8.09. The van der Waals surface area contributed by atoms with Crippen molar-refractivity contribution in [2.75, 3.05) is 5.32 Å². The zero-order valence-corrected chi connectivity index (χ0v) is 8.35. The molecule has 74 valence electrons. The Labute approximate surface area is 83.8 Å². The van der Waals surface area contributed by atoms with E-state index in [0.717, 1.165) is 17.7 Å². The van der Waals surface area contributed by atoms with Crippen LogP contribution in [0.4, 0.5) is 5.82 Å². The van der Waals surface area contributed by atoms with E-state index in [1.165, 1.54) is 12.8 Å². The highest BCUT2D eigenvalue weighted by atomic mass is 15.3. The summed E-state index contributed by atoms with van der Waals surface area (Å²) in [6.07, 6.45) is 9.31. The van der Waals surface area contributed by atoms with Crippen LogP contribution in [0.2, 0.25) is 0 Å². The third-order valence-electron chi connectivity index (χ3n) is 3.33. The molecule has 1 saturated carbocycles. The Hall–Kier alpha value is -1.25. The fourth-order valence-electron chi connectivity index (χ4n) is 2.63. The fraction of sp³-hybridized carbons (Fsp3) is 0.545. The molecule has 2 bridgehead atoms. The Morgan fingerprint density at radius 3 is 2.93 bits per heavy atom. The van der Waals surface area contributed by atoms with E-state index in [1.807, 2.05) is 24.0 Å². The summed E-state index contributed by atoms with van der Waals surface area (Å²) in [5, 5.41) is 7.85. The lowest BCUT2D eigenvalue weighted by Crippen LogP contribution is -2.24. The van der Waals surface area contributed by atoms with Crippen LogP contribution in [0.25, 0.3) is 0 Å². The first-order valence-corrected chi connectivity index (χ1v) is 5.26. The fourth-order valence-corrected chi connectivity index (χ4v) is 2.63. The van der Waals surface area contributed by atoms with Crippen LogP contribution in [0.3, 0.4) is 0 Å². The predicted octanol–water partition coefficient (Wildman–Crippen LogP) is 1.80. The van der Waals surface area contributed by atoms with Gasteiger partial charge in [0.15, 0.2) is 0 Å². The minimum absolute atomic E-state index is 0.611. The van der Waals surface area contributed by atoms with Gasteiger partial charge in [0.2, 0.25) is 0 Å². The van der Waals surface area contributed by atoms with E-state index in [1.54, 1.807) is 0 Å². The molecule has 0 amide bonds. The molecule has 1 aromatic rings. The number of aromatic nitrogens is 2. The largest absolute Gasteiger partial charge is 0.365 e. The van der Waals surface area contributed by atoms with Crippen molar-refractivity contribution in [1.82, 2.24) is 9.78 Å². The van der Waals surface area contributed by atoms with E-state index in [0.29, 0.717) is 6.04 Å². The van der Waals surface area contributed by atoms with E-state index in [2.05, 4.69) is 22.6 Å². The number of allylic oxidation sites excluding steroid dienone is 1. The molecule has 0 spiro atoms. The smallest absolute Gasteiger partial charge is 0.148 e. The lowest BCUT2D eigenvalue weighted by atomic mass is 10.0. The van der Waals surface area contributed by atoms with Gasteiger partial charge in [0.25, 0.3) is 0 Å². The van der Waals surface area contributed by atoms with Crippen molar-refractivity contribution >= 4 is 5.82 Å². The molecule has 1 aromatic heterocycles. The summed E-state index contributed by atoms with van der Waals surface area (Å²) in [6.45, 7) is 0. The molecule has 1 N–H and O–H groups in total. The maximum Gasteiger partial charge on any atom is 0.148 e. The van der Waals surface area contributed by atoms with Crippen LogP contribution in [-0.4, -0.2) is 15.8 Å². The first-order chi connectivity index (χ1) is 6.81. The van der Waals surface area contributed by atoms with Gasteiger partial charge in [-0.2, -0.15) is 5.10 Å². The third kappa shape index (κ3) is 1.24. The van der Waals surface area contributed by atoms with Gasteiger partial charge in [-0.05, 0) is 24.7 Å². The molecular weight excluding hydrogens is 174 g/mol. The molecule has 0 saturated heterocycles. The molecule has 1 heterocycles. The number of fused-ring (bicyclic) bond motifs is 2. The number of hydrogen-bond donors (Lipinski definition) is 1. The van der Waals surface area contributed by atoms with Crippen molar-refractivity contribution in [3.63, 3.8) is 0 Å². The number of nitrogens with one attached hydrogen (secondary N) is 1. The highest BCUT2D eigenvalue weighted by Crippen LogP contribution is 2.40. The SMILES string of the molecule is Cn1ccc(NC2C[C@@H]3C=C[C@H]2C3)n1. The average molecular weight is 189 g/mol. The molecule has 3 nitrogen and oxygen atoms in total. The molecule has 0 radical (unpaired) electrons. The molecule has 0 aromatic carbocycles. The van der Waals surface area contributed by atoms with Crippen LogP contribution < -0.4 is 5.32 Å². The average Bonchev–Trinajstić information content (AvgIpc) is 2.82. The molecule has 2 aliphatic rings. The molecule has 0 aliphatic heterocycles. The summed E-state index contributed by atoms with van der Waals surface area (Å²) in [5.41, 5.74) is 0. The van der Waals surface area contributed by atoms with E-state index in [4.69, 9.17) is 0 Å². The third-order valence-corrected chi connectivity index (χ3v) is 3.33. The summed E-state index contributed by atoms with van der Waals surface area (Å²) < 4.78 is 1.84. The number of aryl methyl sites for hydroxylation is 1. The highest BCUT2D eigenvalue weighted by Gasteiger charge is 2.35. The summed E-state index contributed by atoms with van der Waals surface area (Å²) >= 11 is 0. The molecule has 3 rings (SSSR count). The normalized spacial score (nSPS) is 33.9. The van der Waals surface area contributed by atoms with E-state index in [9.17, 15) is 0 Å². The van der Waals surface area contributed by atoms with Crippen LogP contribution in [0.1, 0.15) is 12.8 Å². The van der Waals surface area contributed by atoms with Gasteiger partial charge in [-0.1, -0.05) is 12.2 Å². The van der Waals surface area contributed by atoms with Crippen LogP contribution in [-0.2, 0) is 7.05 Å². The van der Waals surface area contributed by atoms with Crippen molar-refractivity contribution in [3.8, 4) is 0 Å². The van der Waals surface area contributed by atoms with Crippen LogP contribution in [0.15, 0.2) is 24.4 Å². The van der Waals surface area contributed by atoms with Gasteiger partial charge in [-0.3, -0.25) is 4.68 Å². The number of nitrogens with zero attached hydrogens (tertiary/aromatic N) is 2. The molecule has 2 aliphatic carbocycles. The summed E-state index contributed by atoms with van der Waals surface area (Å²) in [7, 11) is 1.95. The minimum Gasteiger partial charge on any atom is -0.365 e. The van der Waals surface area contributed by atoms with Crippen molar-refractivity contribution < 1.29 is 0 Å². The molecular formula is C11H15N3. The number of anilines is 1.